The number of benzene rings is 1. The summed E-state index contributed by atoms with van der Waals surface area (Å²) in [6.45, 7) is 5.88. The zero-order valence-electron chi connectivity index (χ0n) is 10.2. The Labute approximate surface area is 124 Å². The lowest BCUT2D eigenvalue weighted by Crippen LogP contribution is -2.12. The van der Waals surface area contributed by atoms with Crippen LogP contribution in [0.3, 0.4) is 0 Å². The molecule has 0 atom stereocenters. The third-order valence-electron chi connectivity index (χ3n) is 2.30. The number of halogens is 1. The summed E-state index contributed by atoms with van der Waals surface area (Å²) in [6.07, 6.45) is 0. The maximum atomic E-state index is 4.39. The number of hydrogen-bond donors (Lipinski definition) is 1. The molecule has 2 aromatic rings. The van der Waals surface area contributed by atoms with Crippen molar-refractivity contribution in [3.63, 3.8) is 0 Å². The standard InChI is InChI=1S/C12H14BrN3S2/c1-3-14-7-9-4-5-10(13)6-11(9)17-12-15-8(2)16-18-12/h4-6,14H,3,7H2,1-2H3. The molecule has 1 aromatic carbocycles. The number of hydrogen-bond acceptors (Lipinski definition) is 5. The molecule has 0 amide bonds. The average molecular weight is 344 g/mol. The van der Waals surface area contributed by atoms with Crippen molar-refractivity contribution in [2.24, 2.45) is 0 Å². The Kier molecular flexibility index (Phi) is 5.17. The molecule has 6 heteroatoms. The highest BCUT2D eigenvalue weighted by atomic mass is 79.9. The molecule has 0 fully saturated rings. The lowest BCUT2D eigenvalue weighted by Gasteiger charge is -2.08. The molecule has 0 spiro atoms. The fourth-order valence-electron chi connectivity index (χ4n) is 1.44. The molecule has 1 N–H and O–H groups in total. The Bertz CT molecular complexity index is 528. The summed E-state index contributed by atoms with van der Waals surface area (Å²) in [7, 11) is 0. The molecule has 2 rings (SSSR count). The highest BCUT2D eigenvalue weighted by Gasteiger charge is 2.08. The summed E-state index contributed by atoms with van der Waals surface area (Å²) < 4.78 is 6.29. The molecule has 0 aliphatic rings. The van der Waals surface area contributed by atoms with Gasteiger partial charge < -0.3 is 5.32 Å². The summed E-state index contributed by atoms with van der Waals surface area (Å²) in [4.78, 5) is 5.62. The first-order valence-corrected chi connectivity index (χ1v) is 8.04. The molecule has 0 aliphatic heterocycles. The first-order valence-electron chi connectivity index (χ1n) is 5.66. The molecular formula is C12H14BrN3S2. The topological polar surface area (TPSA) is 37.8 Å². The van der Waals surface area contributed by atoms with Gasteiger partial charge in [-0.1, -0.05) is 40.7 Å². The Morgan fingerprint density at radius 3 is 2.94 bits per heavy atom. The van der Waals surface area contributed by atoms with Gasteiger partial charge in [0.1, 0.15) is 5.82 Å². The van der Waals surface area contributed by atoms with Crippen LogP contribution in [0, 0.1) is 6.92 Å². The summed E-state index contributed by atoms with van der Waals surface area (Å²) in [5.41, 5.74) is 1.29. The molecule has 3 nitrogen and oxygen atoms in total. The molecule has 0 bridgehead atoms. The van der Waals surface area contributed by atoms with E-state index < -0.39 is 0 Å². The second-order valence-electron chi connectivity index (χ2n) is 3.74. The number of aromatic nitrogens is 2. The second-order valence-corrected chi connectivity index (χ2v) is 6.70. The van der Waals surface area contributed by atoms with Crippen LogP contribution in [-0.4, -0.2) is 15.9 Å². The third-order valence-corrected chi connectivity index (χ3v) is 4.74. The molecule has 0 unspecified atom stereocenters. The highest BCUT2D eigenvalue weighted by molar-refractivity contribution is 9.10. The molecule has 0 radical (unpaired) electrons. The predicted molar refractivity (Wildman–Crippen MR) is 80.3 cm³/mol. The van der Waals surface area contributed by atoms with E-state index in [1.54, 1.807) is 11.8 Å². The third kappa shape index (κ3) is 3.78. The van der Waals surface area contributed by atoms with Crippen LogP contribution in [0.15, 0.2) is 31.9 Å². The van der Waals surface area contributed by atoms with Gasteiger partial charge in [0, 0.05) is 15.9 Å². The van der Waals surface area contributed by atoms with Crippen molar-refractivity contribution in [3.8, 4) is 0 Å². The second kappa shape index (κ2) is 6.65. The maximum absolute atomic E-state index is 4.39. The predicted octanol–water partition coefficient (Wildman–Crippen LogP) is 3.87. The average Bonchev–Trinajstić information content (AvgIpc) is 2.74. The normalized spacial score (nSPS) is 10.8. The van der Waals surface area contributed by atoms with Gasteiger partial charge in [0.05, 0.1) is 0 Å². The van der Waals surface area contributed by atoms with Gasteiger partial charge in [-0.05, 0) is 42.7 Å². The summed E-state index contributed by atoms with van der Waals surface area (Å²) in [5.74, 6) is 0.839. The van der Waals surface area contributed by atoms with Crippen molar-refractivity contribution in [2.75, 3.05) is 6.54 Å². The summed E-state index contributed by atoms with van der Waals surface area (Å²) >= 11 is 6.64. The highest BCUT2D eigenvalue weighted by Crippen LogP contribution is 2.33. The van der Waals surface area contributed by atoms with Gasteiger partial charge in [-0.25, -0.2) is 4.98 Å². The number of aryl methyl sites for hydroxylation is 1. The van der Waals surface area contributed by atoms with Crippen LogP contribution >= 0.6 is 39.2 Å². The number of rotatable bonds is 5. The van der Waals surface area contributed by atoms with Crippen molar-refractivity contribution in [2.45, 2.75) is 29.6 Å². The number of nitrogens with zero attached hydrogens (tertiary/aromatic N) is 2. The van der Waals surface area contributed by atoms with Crippen molar-refractivity contribution >= 4 is 39.2 Å². The van der Waals surface area contributed by atoms with Crippen molar-refractivity contribution in [1.82, 2.24) is 14.7 Å². The Morgan fingerprint density at radius 1 is 1.44 bits per heavy atom. The van der Waals surface area contributed by atoms with Gasteiger partial charge >= 0.3 is 0 Å². The van der Waals surface area contributed by atoms with Crippen LogP contribution in [0.5, 0.6) is 0 Å². The van der Waals surface area contributed by atoms with E-state index in [-0.39, 0.29) is 0 Å². The van der Waals surface area contributed by atoms with E-state index in [1.165, 1.54) is 22.0 Å². The van der Waals surface area contributed by atoms with Crippen molar-refractivity contribution in [3.05, 3.63) is 34.1 Å². The van der Waals surface area contributed by atoms with E-state index in [9.17, 15) is 0 Å². The van der Waals surface area contributed by atoms with Crippen molar-refractivity contribution in [1.29, 1.82) is 0 Å². The van der Waals surface area contributed by atoms with Crippen molar-refractivity contribution < 1.29 is 0 Å². The van der Waals surface area contributed by atoms with Crippen LogP contribution in [-0.2, 0) is 6.54 Å². The zero-order chi connectivity index (χ0) is 13.0. The monoisotopic (exact) mass is 343 g/mol. The molecule has 96 valence electrons. The van der Waals surface area contributed by atoms with Crippen LogP contribution in [0.25, 0.3) is 0 Å². The minimum atomic E-state index is 0.839. The molecule has 0 aliphatic carbocycles. The molecule has 18 heavy (non-hydrogen) atoms. The zero-order valence-corrected chi connectivity index (χ0v) is 13.5. The quantitative estimate of drug-likeness (QED) is 0.894. The molecular weight excluding hydrogens is 330 g/mol. The first kappa shape index (κ1) is 14.0. The van der Waals surface area contributed by atoms with Gasteiger partial charge in [0.25, 0.3) is 0 Å². The van der Waals surface area contributed by atoms with E-state index in [4.69, 9.17) is 0 Å². The largest absolute Gasteiger partial charge is 0.313 e. The van der Waals surface area contributed by atoms with E-state index in [1.807, 2.05) is 6.92 Å². The van der Waals surface area contributed by atoms with Crippen LogP contribution < -0.4 is 5.32 Å². The smallest absolute Gasteiger partial charge is 0.174 e. The van der Waals surface area contributed by atoms with Gasteiger partial charge in [0.2, 0.25) is 0 Å². The lowest BCUT2D eigenvalue weighted by molar-refractivity contribution is 0.718. The summed E-state index contributed by atoms with van der Waals surface area (Å²) in [5, 5.41) is 3.35. The molecule has 0 saturated heterocycles. The lowest BCUT2D eigenvalue weighted by atomic mass is 10.2. The van der Waals surface area contributed by atoms with Crippen LogP contribution in [0.4, 0.5) is 0 Å². The van der Waals surface area contributed by atoms with E-state index in [2.05, 4.69) is 55.7 Å². The van der Waals surface area contributed by atoms with E-state index in [0.29, 0.717) is 0 Å². The van der Waals surface area contributed by atoms with Crippen LogP contribution in [0.1, 0.15) is 18.3 Å². The fourth-order valence-corrected chi connectivity index (χ4v) is 3.73. The SMILES string of the molecule is CCNCc1ccc(Br)cc1Sc1nc(C)ns1. The Hall–Kier alpha value is -0.430. The van der Waals surface area contributed by atoms with Gasteiger partial charge in [-0.15, -0.1) is 0 Å². The number of nitrogens with one attached hydrogen (secondary N) is 1. The molecule has 0 saturated carbocycles. The van der Waals surface area contributed by atoms with E-state index in [0.717, 1.165) is 27.7 Å². The summed E-state index contributed by atoms with van der Waals surface area (Å²) in [6, 6.07) is 6.35. The van der Waals surface area contributed by atoms with Gasteiger partial charge in [0.15, 0.2) is 4.34 Å². The van der Waals surface area contributed by atoms with Crippen LogP contribution in [0.2, 0.25) is 0 Å². The fraction of sp³-hybridized carbons (Fsp3) is 0.333. The van der Waals surface area contributed by atoms with E-state index >= 15 is 0 Å². The minimum absolute atomic E-state index is 0.839. The maximum Gasteiger partial charge on any atom is 0.174 e. The Morgan fingerprint density at radius 2 is 2.28 bits per heavy atom. The Balaban J connectivity index is 2.21. The molecule has 1 aromatic heterocycles. The minimum Gasteiger partial charge on any atom is -0.313 e. The molecule has 1 heterocycles. The first-order chi connectivity index (χ1) is 8.69. The van der Waals surface area contributed by atoms with Gasteiger partial charge in [-0.2, -0.15) is 4.37 Å². The van der Waals surface area contributed by atoms with Gasteiger partial charge in [-0.3, -0.25) is 0 Å².